The molecule has 0 spiro atoms. The first-order valence-corrected chi connectivity index (χ1v) is 11.6. The van der Waals surface area contributed by atoms with Crippen LogP contribution in [0.3, 0.4) is 0 Å². The van der Waals surface area contributed by atoms with E-state index in [9.17, 15) is 34.2 Å². The lowest BCUT2D eigenvalue weighted by molar-refractivity contribution is -0.144. The Morgan fingerprint density at radius 2 is 1.44 bits per heavy atom. The standard InChI is InChI=1S/C22H41N5O7/c1-5-13(4)18(27-19(30)14(24)10-12(2)3)21(32)26-16(11-17(28)29)20(31)25-15(22(33)34)8-6-7-9-23/h12-16,18H,5-11,23-24H2,1-4H3,(H,25,31)(H,26,32)(H,27,30)(H,28,29)(H,33,34). The number of carbonyl (C=O) groups excluding carboxylic acids is 3. The van der Waals surface area contributed by atoms with Crippen LogP contribution in [0, 0.1) is 11.8 Å². The molecule has 196 valence electrons. The SMILES string of the molecule is CCC(C)C(NC(=O)C(N)CC(C)C)C(=O)NC(CC(=O)O)C(=O)NC(CCCCN)C(=O)O. The Morgan fingerprint density at radius 3 is 1.91 bits per heavy atom. The van der Waals surface area contributed by atoms with E-state index < -0.39 is 60.2 Å². The van der Waals surface area contributed by atoms with Gasteiger partial charge in [-0.15, -0.1) is 0 Å². The molecule has 12 heteroatoms. The summed E-state index contributed by atoms with van der Waals surface area (Å²) in [6.07, 6.45) is 1.26. The van der Waals surface area contributed by atoms with Gasteiger partial charge in [0.2, 0.25) is 17.7 Å². The molecule has 5 unspecified atom stereocenters. The number of amides is 3. The van der Waals surface area contributed by atoms with Crippen LogP contribution in [0.2, 0.25) is 0 Å². The highest BCUT2D eigenvalue weighted by Crippen LogP contribution is 2.11. The number of hydrogen-bond donors (Lipinski definition) is 7. The minimum Gasteiger partial charge on any atom is -0.481 e. The first kappa shape index (κ1) is 31.3. The Bertz CT molecular complexity index is 701. The number of aliphatic carboxylic acids is 2. The fraction of sp³-hybridized carbons (Fsp3) is 0.773. The van der Waals surface area contributed by atoms with Gasteiger partial charge in [0, 0.05) is 0 Å². The van der Waals surface area contributed by atoms with Gasteiger partial charge in [-0.05, 0) is 44.1 Å². The third-order valence-electron chi connectivity index (χ3n) is 5.43. The summed E-state index contributed by atoms with van der Waals surface area (Å²) in [4.78, 5) is 61.0. The Hall–Kier alpha value is -2.73. The number of carboxylic acids is 2. The van der Waals surface area contributed by atoms with E-state index in [0.29, 0.717) is 32.2 Å². The zero-order chi connectivity index (χ0) is 26.4. The quantitative estimate of drug-likeness (QED) is 0.132. The molecule has 0 rings (SSSR count). The third kappa shape index (κ3) is 11.9. The van der Waals surface area contributed by atoms with Crippen LogP contribution in [0.5, 0.6) is 0 Å². The van der Waals surface area contributed by atoms with Crippen LogP contribution >= 0.6 is 0 Å². The van der Waals surface area contributed by atoms with Gasteiger partial charge in [0.25, 0.3) is 0 Å². The Morgan fingerprint density at radius 1 is 0.853 bits per heavy atom. The Kier molecular flexibility index (Phi) is 14.7. The van der Waals surface area contributed by atoms with Crippen molar-refractivity contribution in [3.63, 3.8) is 0 Å². The van der Waals surface area contributed by atoms with Crippen LogP contribution in [0.4, 0.5) is 0 Å². The van der Waals surface area contributed by atoms with E-state index in [1.165, 1.54) is 0 Å². The lowest BCUT2D eigenvalue weighted by Crippen LogP contribution is -2.59. The van der Waals surface area contributed by atoms with Gasteiger partial charge in [-0.1, -0.05) is 34.1 Å². The molecule has 34 heavy (non-hydrogen) atoms. The van der Waals surface area contributed by atoms with Crippen LogP contribution < -0.4 is 27.4 Å². The summed E-state index contributed by atoms with van der Waals surface area (Å²) in [6.45, 7) is 7.71. The van der Waals surface area contributed by atoms with E-state index in [4.69, 9.17) is 11.5 Å². The summed E-state index contributed by atoms with van der Waals surface area (Å²) in [5, 5.41) is 25.8. The summed E-state index contributed by atoms with van der Waals surface area (Å²) in [5.41, 5.74) is 11.3. The smallest absolute Gasteiger partial charge is 0.326 e. The molecule has 5 atom stereocenters. The monoisotopic (exact) mass is 487 g/mol. The average Bonchev–Trinajstić information content (AvgIpc) is 2.74. The van der Waals surface area contributed by atoms with Gasteiger partial charge in [-0.3, -0.25) is 19.2 Å². The molecule has 0 saturated carbocycles. The van der Waals surface area contributed by atoms with E-state index in [0.717, 1.165) is 0 Å². The molecule has 0 aliphatic rings. The number of hydrogen-bond acceptors (Lipinski definition) is 7. The molecule has 0 saturated heterocycles. The fourth-order valence-corrected chi connectivity index (χ4v) is 3.25. The van der Waals surface area contributed by atoms with Crippen LogP contribution in [-0.2, 0) is 24.0 Å². The maximum atomic E-state index is 13.0. The number of unbranched alkanes of at least 4 members (excludes halogenated alkanes) is 1. The van der Waals surface area contributed by atoms with Crippen LogP contribution in [0.1, 0.15) is 66.2 Å². The number of carboxylic acid groups (broad SMARTS) is 2. The zero-order valence-electron chi connectivity index (χ0n) is 20.5. The van der Waals surface area contributed by atoms with E-state index in [2.05, 4.69) is 16.0 Å². The van der Waals surface area contributed by atoms with E-state index in [1.807, 2.05) is 20.8 Å². The second-order valence-electron chi connectivity index (χ2n) is 8.95. The molecule has 0 aromatic heterocycles. The summed E-state index contributed by atoms with van der Waals surface area (Å²) in [7, 11) is 0. The van der Waals surface area contributed by atoms with Crippen LogP contribution in [-0.4, -0.2) is 70.6 Å². The Balaban J connectivity index is 5.51. The zero-order valence-corrected chi connectivity index (χ0v) is 20.5. The maximum Gasteiger partial charge on any atom is 0.326 e. The van der Waals surface area contributed by atoms with Gasteiger partial charge in [0.15, 0.2) is 0 Å². The second-order valence-corrected chi connectivity index (χ2v) is 8.95. The number of carbonyl (C=O) groups is 5. The van der Waals surface area contributed by atoms with Gasteiger partial charge in [-0.2, -0.15) is 0 Å². The third-order valence-corrected chi connectivity index (χ3v) is 5.43. The van der Waals surface area contributed by atoms with Gasteiger partial charge >= 0.3 is 11.9 Å². The van der Waals surface area contributed by atoms with E-state index in [-0.39, 0.29) is 18.3 Å². The molecular weight excluding hydrogens is 446 g/mol. The first-order valence-electron chi connectivity index (χ1n) is 11.6. The van der Waals surface area contributed by atoms with Crippen molar-refractivity contribution in [2.75, 3.05) is 6.54 Å². The van der Waals surface area contributed by atoms with Crippen molar-refractivity contribution >= 4 is 29.7 Å². The van der Waals surface area contributed by atoms with Gasteiger partial charge in [0.1, 0.15) is 18.1 Å². The summed E-state index contributed by atoms with van der Waals surface area (Å²) >= 11 is 0. The van der Waals surface area contributed by atoms with E-state index in [1.54, 1.807) is 6.92 Å². The molecule has 0 heterocycles. The molecule has 0 aromatic rings. The highest BCUT2D eigenvalue weighted by atomic mass is 16.4. The lowest BCUT2D eigenvalue weighted by Gasteiger charge is -2.27. The highest BCUT2D eigenvalue weighted by Gasteiger charge is 2.33. The predicted molar refractivity (Wildman–Crippen MR) is 125 cm³/mol. The van der Waals surface area contributed by atoms with Crippen molar-refractivity contribution in [3.05, 3.63) is 0 Å². The molecule has 0 fully saturated rings. The number of nitrogens with two attached hydrogens (primary N) is 2. The first-order chi connectivity index (χ1) is 15.8. The fourth-order valence-electron chi connectivity index (χ4n) is 3.25. The highest BCUT2D eigenvalue weighted by molar-refractivity contribution is 5.95. The van der Waals surface area contributed by atoms with Gasteiger partial charge in [-0.25, -0.2) is 4.79 Å². The Labute approximate surface area is 200 Å². The molecular formula is C22H41N5O7. The summed E-state index contributed by atoms with van der Waals surface area (Å²) in [6, 6.07) is -4.68. The molecule has 0 radical (unpaired) electrons. The lowest BCUT2D eigenvalue weighted by atomic mass is 9.96. The molecule has 0 aliphatic heterocycles. The van der Waals surface area contributed by atoms with Crippen LogP contribution in [0.15, 0.2) is 0 Å². The van der Waals surface area contributed by atoms with Gasteiger partial charge < -0.3 is 37.6 Å². The normalized spacial score (nSPS) is 15.5. The van der Waals surface area contributed by atoms with Crippen molar-refractivity contribution < 1.29 is 34.2 Å². The molecule has 0 aromatic carbocycles. The molecule has 0 aliphatic carbocycles. The largest absolute Gasteiger partial charge is 0.481 e. The summed E-state index contributed by atoms with van der Waals surface area (Å²) < 4.78 is 0. The van der Waals surface area contributed by atoms with Crippen LogP contribution in [0.25, 0.3) is 0 Å². The molecule has 3 amide bonds. The minimum atomic E-state index is -1.53. The molecule has 12 nitrogen and oxygen atoms in total. The number of rotatable bonds is 17. The van der Waals surface area contributed by atoms with E-state index >= 15 is 0 Å². The van der Waals surface area contributed by atoms with Crippen molar-refractivity contribution in [1.29, 1.82) is 0 Å². The average molecular weight is 488 g/mol. The second kappa shape index (κ2) is 16.0. The summed E-state index contributed by atoms with van der Waals surface area (Å²) in [5.74, 6) is -5.05. The van der Waals surface area contributed by atoms with Crippen molar-refractivity contribution in [2.45, 2.75) is 90.4 Å². The maximum absolute atomic E-state index is 13.0. The molecule has 0 bridgehead atoms. The van der Waals surface area contributed by atoms with Crippen molar-refractivity contribution in [3.8, 4) is 0 Å². The predicted octanol–water partition coefficient (Wildman–Crippen LogP) is -0.451. The topological polar surface area (TPSA) is 214 Å². The van der Waals surface area contributed by atoms with Crippen molar-refractivity contribution in [1.82, 2.24) is 16.0 Å². The van der Waals surface area contributed by atoms with Crippen molar-refractivity contribution in [2.24, 2.45) is 23.3 Å². The molecule has 9 N–H and O–H groups in total. The van der Waals surface area contributed by atoms with Gasteiger partial charge in [0.05, 0.1) is 12.5 Å². The minimum absolute atomic E-state index is 0.102. The number of nitrogens with one attached hydrogen (secondary N) is 3.